The SMILES string of the molecule is CCCCCOc1ccc(CCC2=CCC(C3CCC(CCC)CC3)CC2)cc1. The van der Waals surface area contributed by atoms with Crippen LogP contribution in [0.1, 0.15) is 103 Å². The van der Waals surface area contributed by atoms with Crippen LogP contribution in [0.25, 0.3) is 0 Å². The molecule has 0 bridgehead atoms. The average Bonchev–Trinajstić information content (AvgIpc) is 2.77. The number of aryl methyl sites for hydroxylation is 1. The Morgan fingerprint density at radius 2 is 1.62 bits per heavy atom. The summed E-state index contributed by atoms with van der Waals surface area (Å²) in [7, 11) is 0. The number of hydrogen-bond donors (Lipinski definition) is 0. The average molecular weight is 397 g/mol. The summed E-state index contributed by atoms with van der Waals surface area (Å²) in [6.07, 6.45) is 21.7. The van der Waals surface area contributed by atoms with Crippen LogP contribution in [0.5, 0.6) is 5.75 Å². The first-order valence-electron chi connectivity index (χ1n) is 12.7. The monoisotopic (exact) mass is 396 g/mol. The fourth-order valence-electron chi connectivity index (χ4n) is 5.52. The maximum Gasteiger partial charge on any atom is 0.119 e. The van der Waals surface area contributed by atoms with E-state index in [9.17, 15) is 0 Å². The van der Waals surface area contributed by atoms with E-state index in [2.05, 4.69) is 44.2 Å². The molecule has 0 amide bonds. The van der Waals surface area contributed by atoms with Crippen LogP contribution in [0.2, 0.25) is 0 Å². The molecular weight excluding hydrogens is 352 g/mol. The van der Waals surface area contributed by atoms with E-state index < -0.39 is 0 Å². The fraction of sp³-hybridized carbons (Fsp3) is 0.714. The molecule has 1 unspecified atom stereocenters. The zero-order chi connectivity index (χ0) is 20.3. The van der Waals surface area contributed by atoms with Gasteiger partial charge in [0, 0.05) is 0 Å². The van der Waals surface area contributed by atoms with Gasteiger partial charge in [0.2, 0.25) is 0 Å². The molecule has 1 aromatic rings. The van der Waals surface area contributed by atoms with Crippen molar-refractivity contribution in [3.8, 4) is 5.75 Å². The van der Waals surface area contributed by atoms with Gasteiger partial charge < -0.3 is 4.74 Å². The van der Waals surface area contributed by atoms with Crippen LogP contribution in [-0.2, 0) is 6.42 Å². The lowest BCUT2D eigenvalue weighted by Gasteiger charge is -2.35. The van der Waals surface area contributed by atoms with E-state index in [0.29, 0.717) is 0 Å². The standard InChI is InChI=1S/C28H44O/c1-3-5-6-22-29-28-20-14-25(15-21-28)9-8-24-12-18-27(19-13-24)26-16-10-23(7-4-2)11-17-26/h12,14-15,20-21,23,26-27H,3-11,13,16-19,22H2,1-2H3. The van der Waals surface area contributed by atoms with Crippen LogP contribution in [0.3, 0.4) is 0 Å². The quantitative estimate of drug-likeness (QED) is 0.269. The summed E-state index contributed by atoms with van der Waals surface area (Å²) in [6.45, 7) is 5.42. The lowest BCUT2D eigenvalue weighted by Crippen LogP contribution is -2.23. The van der Waals surface area contributed by atoms with Crippen LogP contribution in [0.15, 0.2) is 35.9 Å². The second-order valence-electron chi connectivity index (χ2n) is 9.67. The molecule has 1 heteroatoms. The summed E-state index contributed by atoms with van der Waals surface area (Å²) in [5.74, 6) is 4.06. The zero-order valence-corrected chi connectivity index (χ0v) is 19.1. The Labute approximate surface area is 180 Å². The molecule has 0 saturated heterocycles. The zero-order valence-electron chi connectivity index (χ0n) is 19.1. The molecule has 2 aliphatic rings. The Balaban J connectivity index is 1.35. The van der Waals surface area contributed by atoms with Gasteiger partial charge in [-0.1, -0.05) is 76.2 Å². The maximum atomic E-state index is 5.84. The van der Waals surface area contributed by atoms with Crippen LogP contribution < -0.4 is 4.74 Å². The Bertz CT molecular complexity index is 591. The third-order valence-corrected chi connectivity index (χ3v) is 7.48. The Morgan fingerprint density at radius 3 is 2.28 bits per heavy atom. The van der Waals surface area contributed by atoms with Gasteiger partial charge >= 0.3 is 0 Å². The first-order chi connectivity index (χ1) is 14.3. The van der Waals surface area contributed by atoms with Gasteiger partial charge in [0.15, 0.2) is 0 Å². The molecule has 1 atom stereocenters. The molecule has 1 aromatic carbocycles. The molecular formula is C28H44O. The molecule has 0 aliphatic heterocycles. The van der Waals surface area contributed by atoms with Crippen LogP contribution in [0, 0.1) is 17.8 Å². The first kappa shape index (κ1) is 22.4. The van der Waals surface area contributed by atoms with Crippen molar-refractivity contribution in [1.29, 1.82) is 0 Å². The highest BCUT2D eigenvalue weighted by Crippen LogP contribution is 2.41. The van der Waals surface area contributed by atoms with Crippen molar-refractivity contribution in [2.75, 3.05) is 6.61 Å². The Morgan fingerprint density at radius 1 is 0.828 bits per heavy atom. The largest absolute Gasteiger partial charge is 0.494 e. The Hall–Kier alpha value is -1.24. The lowest BCUT2D eigenvalue weighted by molar-refractivity contribution is 0.186. The predicted molar refractivity (Wildman–Crippen MR) is 126 cm³/mol. The number of allylic oxidation sites excluding steroid dienone is 2. The highest BCUT2D eigenvalue weighted by molar-refractivity contribution is 5.28. The van der Waals surface area contributed by atoms with Gasteiger partial charge in [-0.25, -0.2) is 0 Å². The number of ether oxygens (including phenoxy) is 1. The smallest absolute Gasteiger partial charge is 0.119 e. The summed E-state index contributed by atoms with van der Waals surface area (Å²) in [6, 6.07) is 8.83. The van der Waals surface area contributed by atoms with Gasteiger partial charge in [-0.15, -0.1) is 0 Å². The third-order valence-electron chi connectivity index (χ3n) is 7.48. The van der Waals surface area contributed by atoms with Gasteiger partial charge in [-0.3, -0.25) is 0 Å². The molecule has 0 spiro atoms. The van der Waals surface area contributed by atoms with Crippen LogP contribution >= 0.6 is 0 Å². The third kappa shape index (κ3) is 7.50. The lowest BCUT2D eigenvalue weighted by atomic mass is 9.70. The van der Waals surface area contributed by atoms with Crippen LogP contribution in [-0.4, -0.2) is 6.61 Å². The van der Waals surface area contributed by atoms with Crippen molar-refractivity contribution in [3.05, 3.63) is 41.5 Å². The molecule has 0 N–H and O–H groups in total. The van der Waals surface area contributed by atoms with Crippen molar-refractivity contribution in [1.82, 2.24) is 0 Å². The van der Waals surface area contributed by atoms with Gasteiger partial charge in [0.25, 0.3) is 0 Å². The number of unbranched alkanes of at least 4 members (excludes halogenated alkanes) is 2. The summed E-state index contributed by atoms with van der Waals surface area (Å²) < 4.78 is 5.84. The predicted octanol–water partition coefficient (Wildman–Crippen LogP) is 8.52. The minimum atomic E-state index is 0.849. The molecule has 0 radical (unpaired) electrons. The highest BCUT2D eigenvalue weighted by atomic mass is 16.5. The van der Waals surface area contributed by atoms with Crippen molar-refractivity contribution >= 4 is 0 Å². The van der Waals surface area contributed by atoms with Crippen molar-refractivity contribution in [3.63, 3.8) is 0 Å². The van der Waals surface area contributed by atoms with E-state index in [0.717, 1.165) is 36.5 Å². The van der Waals surface area contributed by atoms with Gasteiger partial charge in [-0.2, -0.15) is 0 Å². The molecule has 1 nitrogen and oxygen atoms in total. The van der Waals surface area contributed by atoms with E-state index in [1.165, 1.54) is 89.0 Å². The molecule has 1 fully saturated rings. The van der Waals surface area contributed by atoms with Gasteiger partial charge in [-0.05, 0) is 86.8 Å². The summed E-state index contributed by atoms with van der Waals surface area (Å²) in [4.78, 5) is 0. The van der Waals surface area contributed by atoms with Gasteiger partial charge in [0.05, 0.1) is 6.61 Å². The van der Waals surface area contributed by atoms with E-state index >= 15 is 0 Å². The van der Waals surface area contributed by atoms with E-state index in [1.54, 1.807) is 5.57 Å². The molecule has 3 rings (SSSR count). The van der Waals surface area contributed by atoms with Crippen molar-refractivity contribution in [2.45, 2.75) is 104 Å². The normalized spacial score (nSPS) is 24.9. The topological polar surface area (TPSA) is 9.23 Å². The van der Waals surface area contributed by atoms with Crippen molar-refractivity contribution in [2.24, 2.45) is 17.8 Å². The second kappa shape index (κ2) is 12.5. The second-order valence-corrected chi connectivity index (χ2v) is 9.67. The fourth-order valence-corrected chi connectivity index (χ4v) is 5.52. The number of hydrogen-bond acceptors (Lipinski definition) is 1. The summed E-state index contributed by atoms with van der Waals surface area (Å²) in [5, 5.41) is 0. The maximum absolute atomic E-state index is 5.84. The highest BCUT2D eigenvalue weighted by Gasteiger charge is 2.28. The van der Waals surface area contributed by atoms with Crippen LogP contribution in [0.4, 0.5) is 0 Å². The van der Waals surface area contributed by atoms with E-state index in [1.807, 2.05) is 0 Å². The van der Waals surface area contributed by atoms with Gasteiger partial charge in [0.1, 0.15) is 5.75 Å². The van der Waals surface area contributed by atoms with E-state index in [4.69, 9.17) is 4.74 Å². The van der Waals surface area contributed by atoms with E-state index in [-0.39, 0.29) is 0 Å². The first-order valence-corrected chi connectivity index (χ1v) is 12.7. The molecule has 0 heterocycles. The summed E-state index contributed by atoms with van der Waals surface area (Å²) >= 11 is 0. The molecule has 0 aromatic heterocycles. The molecule has 29 heavy (non-hydrogen) atoms. The minimum Gasteiger partial charge on any atom is -0.494 e. The van der Waals surface area contributed by atoms with Crippen molar-refractivity contribution < 1.29 is 4.74 Å². The molecule has 2 aliphatic carbocycles. The Kier molecular flexibility index (Phi) is 9.64. The number of rotatable bonds is 11. The molecule has 1 saturated carbocycles. The minimum absolute atomic E-state index is 0.849. The molecule has 162 valence electrons. The number of benzene rings is 1. The summed E-state index contributed by atoms with van der Waals surface area (Å²) in [5.41, 5.74) is 3.16.